The van der Waals surface area contributed by atoms with E-state index in [9.17, 15) is 9.59 Å². The van der Waals surface area contributed by atoms with E-state index in [0.717, 1.165) is 11.4 Å². The zero-order valence-electron chi connectivity index (χ0n) is 16.2. The van der Waals surface area contributed by atoms with E-state index in [1.165, 1.54) is 6.33 Å². The fraction of sp³-hybridized carbons (Fsp3) is 0.273. The highest BCUT2D eigenvalue weighted by Crippen LogP contribution is 2.24. The van der Waals surface area contributed by atoms with E-state index in [-0.39, 0.29) is 17.6 Å². The molecule has 3 aromatic rings. The third kappa shape index (κ3) is 4.03. The SMILES string of the molecule is COc1ccc(C(=O)C2CCN(C(=O)c3ccc(-n4cncn4)cc3)CC2)cc1. The van der Waals surface area contributed by atoms with Crippen LogP contribution in [0, 0.1) is 5.92 Å². The molecule has 4 rings (SSSR count). The molecule has 0 aliphatic carbocycles. The second-order valence-corrected chi connectivity index (χ2v) is 7.05. The molecule has 0 atom stereocenters. The maximum Gasteiger partial charge on any atom is 0.253 e. The summed E-state index contributed by atoms with van der Waals surface area (Å²) < 4.78 is 6.79. The largest absolute Gasteiger partial charge is 0.497 e. The van der Waals surface area contributed by atoms with Gasteiger partial charge in [0, 0.05) is 30.1 Å². The van der Waals surface area contributed by atoms with Crippen LogP contribution < -0.4 is 4.74 Å². The lowest BCUT2D eigenvalue weighted by Crippen LogP contribution is -2.40. The number of hydrogen-bond acceptors (Lipinski definition) is 5. The number of piperidine rings is 1. The summed E-state index contributed by atoms with van der Waals surface area (Å²) in [6, 6.07) is 14.5. The molecule has 148 valence electrons. The minimum atomic E-state index is -0.0536. The Hall–Kier alpha value is -3.48. The van der Waals surface area contributed by atoms with Crippen LogP contribution in [0.15, 0.2) is 61.2 Å². The summed E-state index contributed by atoms with van der Waals surface area (Å²) in [4.78, 5) is 31.3. The molecule has 0 bridgehead atoms. The maximum absolute atomic E-state index is 12.8. The van der Waals surface area contributed by atoms with Crippen molar-refractivity contribution < 1.29 is 14.3 Å². The minimum absolute atomic E-state index is 0.00881. The number of carbonyl (C=O) groups is 2. The first-order valence-corrected chi connectivity index (χ1v) is 9.58. The maximum atomic E-state index is 12.8. The number of nitrogens with zero attached hydrogens (tertiary/aromatic N) is 4. The Balaban J connectivity index is 1.36. The molecular weight excluding hydrogens is 368 g/mol. The molecule has 0 radical (unpaired) electrons. The van der Waals surface area contributed by atoms with Crippen molar-refractivity contribution in [3.05, 3.63) is 72.3 Å². The number of amides is 1. The van der Waals surface area contributed by atoms with Gasteiger partial charge in [0.1, 0.15) is 18.4 Å². The van der Waals surface area contributed by atoms with Crippen LogP contribution in [-0.2, 0) is 0 Å². The van der Waals surface area contributed by atoms with Crippen molar-refractivity contribution in [2.75, 3.05) is 20.2 Å². The Morgan fingerprint density at radius 1 is 0.966 bits per heavy atom. The van der Waals surface area contributed by atoms with Gasteiger partial charge < -0.3 is 9.64 Å². The standard InChI is InChI=1S/C22H22N4O3/c1-29-20-8-4-16(5-9-20)21(27)17-10-12-25(13-11-17)22(28)18-2-6-19(7-3-18)26-15-23-14-24-26/h2-9,14-15,17H,10-13H2,1H3. The van der Waals surface area contributed by atoms with Crippen LogP contribution in [0.4, 0.5) is 0 Å². The first-order chi connectivity index (χ1) is 14.2. The van der Waals surface area contributed by atoms with Crippen LogP contribution in [-0.4, -0.2) is 51.6 Å². The van der Waals surface area contributed by atoms with Crippen LogP contribution in [0.5, 0.6) is 5.75 Å². The lowest BCUT2D eigenvalue weighted by atomic mass is 9.88. The molecule has 0 unspecified atom stereocenters. The van der Waals surface area contributed by atoms with Crippen molar-refractivity contribution in [1.29, 1.82) is 0 Å². The zero-order chi connectivity index (χ0) is 20.2. The highest BCUT2D eigenvalue weighted by Gasteiger charge is 2.28. The molecule has 1 aliphatic rings. The lowest BCUT2D eigenvalue weighted by molar-refractivity contribution is 0.0650. The fourth-order valence-electron chi connectivity index (χ4n) is 3.62. The van der Waals surface area contributed by atoms with Gasteiger partial charge in [-0.25, -0.2) is 9.67 Å². The van der Waals surface area contributed by atoms with Gasteiger partial charge in [-0.05, 0) is 61.4 Å². The lowest BCUT2D eigenvalue weighted by Gasteiger charge is -2.31. The van der Waals surface area contributed by atoms with Gasteiger partial charge in [0.2, 0.25) is 0 Å². The number of carbonyl (C=O) groups excluding carboxylic acids is 2. The molecule has 1 amide bonds. The molecule has 1 aromatic heterocycles. The molecule has 7 heteroatoms. The van der Waals surface area contributed by atoms with Gasteiger partial charge in [0.25, 0.3) is 5.91 Å². The number of ether oxygens (including phenoxy) is 1. The molecule has 29 heavy (non-hydrogen) atoms. The van der Waals surface area contributed by atoms with Gasteiger partial charge in [0.05, 0.1) is 12.8 Å². The topological polar surface area (TPSA) is 77.3 Å². The quantitative estimate of drug-likeness (QED) is 0.626. The third-order valence-corrected chi connectivity index (χ3v) is 5.33. The summed E-state index contributed by atoms with van der Waals surface area (Å²) in [6.07, 6.45) is 4.43. The van der Waals surface area contributed by atoms with Gasteiger partial charge in [0.15, 0.2) is 5.78 Å². The number of ketones is 1. The number of benzene rings is 2. The van der Waals surface area contributed by atoms with E-state index >= 15 is 0 Å². The van der Waals surface area contributed by atoms with Crippen LogP contribution in [0.1, 0.15) is 33.6 Å². The van der Waals surface area contributed by atoms with E-state index in [4.69, 9.17) is 4.74 Å². The molecule has 2 aromatic carbocycles. The number of methoxy groups -OCH3 is 1. The monoisotopic (exact) mass is 390 g/mol. The van der Waals surface area contributed by atoms with Gasteiger partial charge in [-0.15, -0.1) is 0 Å². The number of aromatic nitrogens is 3. The zero-order valence-corrected chi connectivity index (χ0v) is 16.2. The van der Waals surface area contributed by atoms with Gasteiger partial charge >= 0.3 is 0 Å². The van der Waals surface area contributed by atoms with E-state index in [1.54, 1.807) is 54.5 Å². The molecule has 7 nitrogen and oxygen atoms in total. The van der Waals surface area contributed by atoms with E-state index in [2.05, 4.69) is 10.1 Å². The van der Waals surface area contributed by atoms with Crippen molar-refractivity contribution >= 4 is 11.7 Å². The summed E-state index contributed by atoms with van der Waals surface area (Å²) in [5, 5.41) is 4.08. The van der Waals surface area contributed by atoms with E-state index < -0.39 is 0 Å². The van der Waals surface area contributed by atoms with Gasteiger partial charge in [-0.1, -0.05) is 0 Å². The molecule has 0 saturated carbocycles. The molecule has 0 spiro atoms. The van der Waals surface area contributed by atoms with Crippen molar-refractivity contribution in [2.24, 2.45) is 5.92 Å². The molecule has 1 fully saturated rings. The molecule has 2 heterocycles. The first-order valence-electron chi connectivity index (χ1n) is 9.58. The third-order valence-electron chi connectivity index (χ3n) is 5.33. The highest BCUT2D eigenvalue weighted by atomic mass is 16.5. The summed E-state index contributed by atoms with van der Waals surface area (Å²) >= 11 is 0. The molecule has 1 aliphatic heterocycles. The van der Waals surface area contributed by atoms with Crippen LogP contribution in [0.3, 0.4) is 0 Å². The number of rotatable bonds is 5. The Morgan fingerprint density at radius 3 is 2.21 bits per heavy atom. The Bertz CT molecular complexity index is 974. The van der Waals surface area contributed by atoms with Gasteiger partial charge in [-0.3, -0.25) is 9.59 Å². The minimum Gasteiger partial charge on any atom is -0.497 e. The fourth-order valence-corrected chi connectivity index (χ4v) is 3.62. The second kappa shape index (κ2) is 8.26. The molecular formula is C22H22N4O3. The Labute approximate surface area is 168 Å². The number of hydrogen-bond donors (Lipinski definition) is 0. The number of Topliss-reactive ketones (excluding diaryl/α,β-unsaturated/α-hetero) is 1. The highest BCUT2D eigenvalue weighted by molar-refractivity contribution is 5.98. The van der Waals surface area contributed by atoms with Crippen molar-refractivity contribution in [3.8, 4) is 11.4 Å². The van der Waals surface area contributed by atoms with E-state index in [0.29, 0.717) is 37.1 Å². The van der Waals surface area contributed by atoms with Crippen LogP contribution in [0.2, 0.25) is 0 Å². The van der Waals surface area contributed by atoms with Gasteiger partial charge in [-0.2, -0.15) is 5.10 Å². The summed E-state index contributed by atoms with van der Waals surface area (Å²) in [5.74, 6) is 0.807. The summed E-state index contributed by atoms with van der Waals surface area (Å²) in [6.45, 7) is 1.16. The number of likely N-dealkylation sites (tertiary alicyclic amines) is 1. The van der Waals surface area contributed by atoms with Crippen LogP contribution in [0.25, 0.3) is 5.69 Å². The van der Waals surface area contributed by atoms with Crippen molar-refractivity contribution in [2.45, 2.75) is 12.8 Å². The molecule has 1 saturated heterocycles. The average Bonchev–Trinajstić information content (AvgIpc) is 3.33. The normalized spacial score (nSPS) is 14.6. The smallest absolute Gasteiger partial charge is 0.253 e. The first kappa shape index (κ1) is 18.9. The van der Waals surface area contributed by atoms with Crippen LogP contribution >= 0.6 is 0 Å². The predicted octanol–water partition coefficient (Wildman–Crippen LogP) is 3.01. The summed E-state index contributed by atoms with van der Waals surface area (Å²) in [7, 11) is 1.60. The average molecular weight is 390 g/mol. The predicted molar refractivity (Wildman–Crippen MR) is 107 cm³/mol. The summed E-state index contributed by atoms with van der Waals surface area (Å²) in [5.41, 5.74) is 2.18. The Morgan fingerprint density at radius 2 is 1.62 bits per heavy atom. The second-order valence-electron chi connectivity index (χ2n) is 7.05. The van der Waals surface area contributed by atoms with Crippen molar-refractivity contribution in [1.82, 2.24) is 19.7 Å². The molecule has 0 N–H and O–H groups in total. The van der Waals surface area contributed by atoms with Crippen molar-refractivity contribution in [3.63, 3.8) is 0 Å². The Kier molecular flexibility index (Phi) is 5.37. The van der Waals surface area contributed by atoms with E-state index in [1.807, 2.05) is 17.0 Å².